The minimum atomic E-state index is -0.419. The summed E-state index contributed by atoms with van der Waals surface area (Å²) < 4.78 is 5.70. The SMILES string of the molecule is Cc1ccc(OC[C@@H](O)CN2CCCC[C@@H]2C)cc1C. The number of rotatable bonds is 5. The van der Waals surface area contributed by atoms with Gasteiger partial charge in [-0.05, 0) is 63.4 Å². The molecule has 112 valence electrons. The van der Waals surface area contributed by atoms with Gasteiger partial charge in [-0.15, -0.1) is 0 Å². The Labute approximate surface area is 122 Å². The Morgan fingerprint density at radius 1 is 1.30 bits per heavy atom. The summed E-state index contributed by atoms with van der Waals surface area (Å²) in [4.78, 5) is 2.37. The highest BCUT2D eigenvalue weighted by molar-refractivity contribution is 5.33. The molecule has 0 spiro atoms. The fourth-order valence-electron chi connectivity index (χ4n) is 2.75. The van der Waals surface area contributed by atoms with Gasteiger partial charge in [-0.3, -0.25) is 4.90 Å². The number of hydrogen-bond acceptors (Lipinski definition) is 3. The van der Waals surface area contributed by atoms with Crippen LogP contribution >= 0.6 is 0 Å². The summed E-state index contributed by atoms with van der Waals surface area (Å²) in [5, 5.41) is 10.1. The van der Waals surface area contributed by atoms with Crippen molar-refractivity contribution in [1.29, 1.82) is 0 Å². The summed E-state index contributed by atoms with van der Waals surface area (Å²) in [7, 11) is 0. The van der Waals surface area contributed by atoms with Crippen molar-refractivity contribution in [3.63, 3.8) is 0 Å². The highest BCUT2D eigenvalue weighted by Crippen LogP contribution is 2.18. The van der Waals surface area contributed by atoms with Gasteiger partial charge in [0.2, 0.25) is 0 Å². The second-order valence-electron chi connectivity index (χ2n) is 6.05. The molecule has 3 heteroatoms. The van der Waals surface area contributed by atoms with Crippen molar-refractivity contribution >= 4 is 0 Å². The zero-order valence-electron chi connectivity index (χ0n) is 12.9. The maximum absolute atomic E-state index is 10.1. The number of hydrogen-bond donors (Lipinski definition) is 1. The van der Waals surface area contributed by atoms with Crippen molar-refractivity contribution in [3.05, 3.63) is 29.3 Å². The molecule has 2 atom stereocenters. The minimum Gasteiger partial charge on any atom is -0.491 e. The first-order valence-electron chi connectivity index (χ1n) is 7.68. The number of ether oxygens (including phenoxy) is 1. The number of aliphatic hydroxyl groups is 1. The van der Waals surface area contributed by atoms with Crippen LogP contribution in [0.1, 0.15) is 37.3 Å². The van der Waals surface area contributed by atoms with Gasteiger partial charge in [0, 0.05) is 12.6 Å². The van der Waals surface area contributed by atoms with Gasteiger partial charge in [0.05, 0.1) is 0 Å². The number of piperidine rings is 1. The lowest BCUT2D eigenvalue weighted by molar-refractivity contribution is 0.0437. The molecule has 3 nitrogen and oxygen atoms in total. The molecule has 1 aromatic carbocycles. The Kier molecular flexibility index (Phi) is 5.44. The van der Waals surface area contributed by atoms with Gasteiger partial charge in [-0.2, -0.15) is 0 Å². The van der Waals surface area contributed by atoms with E-state index >= 15 is 0 Å². The Hall–Kier alpha value is -1.06. The van der Waals surface area contributed by atoms with Crippen LogP contribution in [0.15, 0.2) is 18.2 Å². The lowest BCUT2D eigenvalue weighted by Gasteiger charge is -2.34. The summed E-state index contributed by atoms with van der Waals surface area (Å²) in [6.07, 6.45) is 3.38. The average Bonchev–Trinajstić information content (AvgIpc) is 2.43. The van der Waals surface area contributed by atoms with Gasteiger partial charge in [-0.1, -0.05) is 12.5 Å². The number of aryl methyl sites for hydroxylation is 2. The number of aliphatic hydroxyl groups excluding tert-OH is 1. The molecule has 1 fully saturated rings. The van der Waals surface area contributed by atoms with Gasteiger partial charge in [-0.25, -0.2) is 0 Å². The van der Waals surface area contributed by atoms with Crippen LogP contribution in [0.5, 0.6) is 5.75 Å². The fourth-order valence-corrected chi connectivity index (χ4v) is 2.75. The van der Waals surface area contributed by atoms with E-state index in [2.05, 4.69) is 31.7 Å². The predicted molar refractivity (Wildman–Crippen MR) is 82.3 cm³/mol. The van der Waals surface area contributed by atoms with Gasteiger partial charge >= 0.3 is 0 Å². The molecular weight excluding hydrogens is 250 g/mol. The first-order valence-corrected chi connectivity index (χ1v) is 7.68. The summed E-state index contributed by atoms with van der Waals surface area (Å²) in [5.41, 5.74) is 2.49. The van der Waals surface area contributed by atoms with E-state index in [0.29, 0.717) is 19.2 Å². The number of likely N-dealkylation sites (tertiary alicyclic amines) is 1. The van der Waals surface area contributed by atoms with Crippen LogP contribution in [0.4, 0.5) is 0 Å². The number of β-amino-alcohol motifs (C(OH)–C–C–N with tert-alkyl or cyclic N) is 1. The molecule has 20 heavy (non-hydrogen) atoms. The molecule has 0 unspecified atom stereocenters. The molecule has 0 aromatic heterocycles. The average molecular weight is 277 g/mol. The third-order valence-electron chi connectivity index (χ3n) is 4.31. The first kappa shape index (κ1) is 15.3. The molecule has 0 amide bonds. The molecule has 0 bridgehead atoms. The maximum Gasteiger partial charge on any atom is 0.119 e. The summed E-state index contributed by atoms with van der Waals surface area (Å²) in [6, 6.07) is 6.65. The number of benzene rings is 1. The molecule has 1 aromatic rings. The van der Waals surface area contributed by atoms with Crippen LogP contribution < -0.4 is 4.74 Å². The molecule has 0 radical (unpaired) electrons. The Morgan fingerprint density at radius 3 is 2.80 bits per heavy atom. The Balaban J connectivity index is 1.79. The molecule has 1 aliphatic rings. The van der Waals surface area contributed by atoms with Gasteiger partial charge in [0.15, 0.2) is 0 Å². The predicted octanol–water partition coefficient (Wildman–Crippen LogP) is 2.92. The molecule has 1 N–H and O–H groups in total. The molecule has 0 saturated carbocycles. The van der Waals surface area contributed by atoms with E-state index in [1.54, 1.807) is 0 Å². The monoisotopic (exact) mass is 277 g/mol. The molecule has 2 rings (SSSR count). The highest BCUT2D eigenvalue weighted by atomic mass is 16.5. The second kappa shape index (κ2) is 7.09. The van der Waals surface area contributed by atoms with E-state index in [-0.39, 0.29) is 0 Å². The van der Waals surface area contributed by atoms with Gasteiger partial charge in [0.25, 0.3) is 0 Å². The Bertz CT molecular complexity index is 433. The quantitative estimate of drug-likeness (QED) is 0.898. The molecule has 1 heterocycles. The fraction of sp³-hybridized carbons (Fsp3) is 0.647. The van der Waals surface area contributed by atoms with Crippen molar-refractivity contribution in [2.24, 2.45) is 0 Å². The van der Waals surface area contributed by atoms with E-state index in [0.717, 1.165) is 12.3 Å². The summed E-state index contributed by atoms with van der Waals surface area (Å²) in [6.45, 7) is 8.59. The van der Waals surface area contributed by atoms with Crippen LogP contribution in [0.3, 0.4) is 0 Å². The van der Waals surface area contributed by atoms with E-state index in [9.17, 15) is 5.11 Å². The van der Waals surface area contributed by atoms with Crippen LogP contribution in [-0.4, -0.2) is 41.8 Å². The number of nitrogens with zero attached hydrogens (tertiary/aromatic N) is 1. The van der Waals surface area contributed by atoms with E-state index in [1.807, 2.05) is 12.1 Å². The van der Waals surface area contributed by atoms with Crippen LogP contribution in [-0.2, 0) is 0 Å². The Morgan fingerprint density at radius 2 is 2.10 bits per heavy atom. The highest BCUT2D eigenvalue weighted by Gasteiger charge is 2.20. The normalized spacial score (nSPS) is 21.7. The third-order valence-corrected chi connectivity index (χ3v) is 4.31. The van der Waals surface area contributed by atoms with Crippen molar-refractivity contribution in [3.8, 4) is 5.75 Å². The largest absolute Gasteiger partial charge is 0.491 e. The molecule has 0 aliphatic carbocycles. The smallest absolute Gasteiger partial charge is 0.119 e. The third kappa shape index (κ3) is 4.22. The van der Waals surface area contributed by atoms with Gasteiger partial charge in [0.1, 0.15) is 18.5 Å². The summed E-state index contributed by atoms with van der Waals surface area (Å²) in [5.74, 6) is 0.846. The van der Waals surface area contributed by atoms with E-state index in [1.165, 1.54) is 30.4 Å². The van der Waals surface area contributed by atoms with Crippen molar-refractivity contribution < 1.29 is 9.84 Å². The molecule has 1 saturated heterocycles. The van der Waals surface area contributed by atoms with E-state index in [4.69, 9.17) is 4.74 Å². The minimum absolute atomic E-state index is 0.367. The van der Waals surface area contributed by atoms with Crippen LogP contribution in [0.25, 0.3) is 0 Å². The standard InChI is InChI=1S/C17H27NO2/c1-13-7-8-17(10-14(13)2)20-12-16(19)11-18-9-5-4-6-15(18)3/h7-8,10,15-16,19H,4-6,9,11-12H2,1-3H3/t15-,16-/m0/s1. The van der Waals surface area contributed by atoms with Crippen LogP contribution in [0, 0.1) is 13.8 Å². The topological polar surface area (TPSA) is 32.7 Å². The molecule has 1 aliphatic heterocycles. The summed E-state index contributed by atoms with van der Waals surface area (Å²) >= 11 is 0. The van der Waals surface area contributed by atoms with Crippen molar-refractivity contribution in [2.75, 3.05) is 19.7 Å². The lowest BCUT2D eigenvalue weighted by atomic mass is 10.0. The van der Waals surface area contributed by atoms with Gasteiger partial charge < -0.3 is 9.84 Å². The lowest BCUT2D eigenvalue weighted by Crippen LogP contribution is -2.43. The zero-order valence-corrected chi connectivity index (χ0v) is 12.9. The maximum atomic E-state index is 10.1. The second-order valence-corrected chi connectivity index (χ2v) is 6.05. The zero-order chi connectivity index (χ0) is 14.5. The molecular formula is C17H27NO2. The van der Waals surface area contributed by atoms with Crippen molar-refractivity contribution in [1.82, 2.24) is 4.90 Å². The first-order chi connectivity index (χ1) is 9.56. The van der Waals surface area contributed by atoms with Crippen LogP contribution in [0.2, 0.25) is 0 Å². The van der Waals surface area contributed by atoms with E-state index < -0.39 is 6.10 Å². The van der Waals surface area contributed by atoms with Crippen molar-refractivity contribution in [2.45, 2.75) is 52.2 Å².